The molecule has 26 heavy (non-hydrogen) atoms. The highest BCUT2D eigenvalue weighted by Gasteiger charge is 2.40. The number of hydrogen-bond donors (Lipinski definition) is 8. The number of nitrogens with one attached hydrogen (secondary N) is 1. The van der Waals surface area contributed by atoms with E-state index >= 15 is 0 Å². The van der Waals surface area contributed by atoms with Gasteiger partial charge in [0.2, 0.25) is 23.6 Å². The SMILES string of the molecule is NC(=O)[C@@H](O)[C@H](N)C(=O)N(C(=O)CNC(=O)C(N)CO)[C@@H](CO)C(=O)O. The van der Waals surface area contributed by atoms with Crippen molar-refractivity contribution in [1.82, 2.24) is 10.2 Å². The third-order valence-electron chi connectivity index (χ3n) is 3.14. The van der Waals surface area contributed by atoms with E-state index in [0.29, 0.717) is 0 Å². The number of imide groups is 1. The quantitative estimate of drug-likeness (QED) is 0.177. The second-order valence-corrected chi connectivity index (χ2v) is 5.02. The first-order valence-corrected chi connectivity index (χ1v) is 7.06. The Kier molecular flexibility index (Phi) is 9.31. The molecule has 0 aliphatic carbocycles. The second kappa shape index (κ2) is 10.4. The van der Waals surface area contributed by atoms with Gasteiger partial charge >= 0.3 is 5.97 Å². The number of nitrogens with two attached hydrogens (primary N) is 3. The molecule has 4 amide bonds. The van der Waals surface area contributed by atoms with Crippen LogP contribution in [0, 0.1) is 0 Å². The van der Waals surface area contributed by atoms with Crippen LogP contribution < -0.4 is 22.5 Å². The smallest absolute Gasteiger partial charge is 0.329 e. The van der Waals surface area contributed by atoms with Gasteiger partial charge in [0.25, 0.3) is 0 Å². The summed E-state index contributed by atoms with van der Waals surface area (Å²) in [5, 5.41) is 38.3. The molecule has 0 aliphatic rings. The number of primary amides is 1. The first-order chi connectivity index (χ1) is 12.0. The summed E-state index contributed by atoms with van der Waals surface area (Å²) in [4.78, 5) is 57.9. The van der Waals surface area contributed by atoms with Crippen molar-refractivity contribution in [1.29, 1.82) is 0 Å². The lowest BCUT2D eigenvalue weighted by Crippen LogP contribution is -2.61. The minimum atomic E-state index is -2.23. The van der Waals surface area contributed by atoms with Crippen molar-refractivity contribution in [2.24, 2.45) is 17.2 Å². The van der Waals surface area contributed by atoms with E-state index < -0.39 is 73.6 Å². The maximum Gasteiger partial charge on any atom is 0.329 e. The van der Waals surface area contributed by atoms with Crippen LogP contribution in [0.1, 0.15) is 0 Å². The highest BCUT2D eigenvalue weighted by molar-refractivity contribution is 6.04. The van der Waals surface area contributed by atoms with Crippen LogP contribution in [0.4, 0.5) is 0 Å². The molecule has 0 radical (unpaired) electrons. The average molecular weight is 379 g/mol. The zero-order chi connectivity index (χ0) is 20.6. The van der Waals surface area contributed by atoms with E-state index in [4.69, 9.17) is 32.5 Å². The van der Waals surface area contributed by atoms with Crippen LogP contribution in [0.15, 0.2) is 0 Å². The van der Waals surface area contributed by atoms with Gasteiger partial charge in [0, 0.05) is 0 Å². The molecular formula is C12H21N5O9. The number of carboxylic acid groups (broad SMARTS) is 1. The number of carboxylic acids is 1. The van der Waals surface area contributed by atoms with Gasteiger partial charge in [-0.2, -0.15) is 0 Å². The maximum atomic E-state index is 12.2. The lowest BCUT2D eigenvalue weighted by Gasteiger charge is -2.29. The molecule has 0 heterocycles. The van der Waals surface area contributed by atoms with Crippen molar-refractivity contribution in [3.63, 3.8) is 0 Å². The minimum Gasteiger partial charge on any atom is -0.480 e. The van der Waals surface area contributed by atoms with Gasteiger partial charge in [-0.1, -0.05) is 0 Å². The average Bonchev–Trinajstić information content (AvgIpc) is 2.60. The van der Waals surface area contributed by atoms with E-state index in [1.54, 1.807) is 0 Å². The van der Waals surface area contributed by atoms with Gasteiger partial charge < -0.3 is 42.9 Å². The molecule has 0 aromatic heterocycles. The number of nitrogens with zero attached hydrogens (tertiary/aromatic N) is 1. The lowest BCUT2D eigenvalue weighted by atomic mass is 10.1. The van der Waals surface area contributed by atoms with Crippen LogP contribution in [-0.2, 0) is 24.0 Å². The van der Waals surface area contributed by atoms with Gasteiger partial charge in [-0.15, -0.1) is 0 Å². The van der Waals surface area contributed by atoms with Crippen LogP contribution in [-0.4, -0.2) is 98.9 Å². The second-order valence-electron chi connectivity index (χ2n) is 5.02. The van der Waals surface area contributed by atoms with Crippen molar-refractivity contribution >= 4 is 29.6 Å². The van der Waals surface area contributed by atoms with E-state index in [1.807, 2.05) is 5.32 Å². The Morgan fingerprint density at radius 1 is 1.04 bits per heavy atom. The fourth-order valence-electron chi connectivity index (χ4n) is 1.66. The molecule has 14 nitrogen and oxygen atoms in total. The highest BCUT2D eigenvalue weighted by Crippen LogP contribution is 2.06. The molecule has 0 aromatic rings. The molecule has 11 N–H and O–H groups in total. The van der Waals surface area contributed by atoms with Gasteiger partial charge in [-0.3, -0.25) is 24.1 Å². The fraction of sp³-hybridized carbons (Fsp3) is 0.583. The zero-order valence-corrected chi connectivity index (χ0v) is 13.4. The molecule has 0 aromatic carbocycles. The lowest BCUT2D eigenvalue weighted by molar-refractivity contribution is -0.161. The number of aliphatic carboxylic acids is 1. The number of rotatable bonds is 10. The number of amides is 4. The predicted octanol–water partition coefficient (Wildman–Crippen LogP) is -6.60. The Labute approximate surface area is 146 Å². The molecule has 0 spiro atoms. The maximum absolute atomic E-state index is 12.2. The molecule has 0 saturated heterocycles. The Bertz CT molecular complexity index is 569. The largest absolute Gasteiger partial charge is 0.480 e. The minimum absolute atomic E-state index is 0.0239. The van der Waals surface area contributed by atoms with Crippen molar-refractivity contribution < 1.29 is 44.4 Å². The Hall–Kier alpha value is -2.65. The van der Waals surface area contributed by atoms with Crippen LogP contribution in [0.25, 0.3) is 0 Å². The van der Waals surface area contributed by atoms with E-state index in [1.165, 1.54) is 0 Å². The summed E-state index contributed by atoms with van der Waals surface area (Å²) < 4.78 is 0. The summed E-state index contributed by atoms with van der Waals surface area (Å²) in [6, 6.07) is -5.58. The molecule has 0 rings (SSSR count). The molecule has 0 fully saturated rings. The fourth-order valence-corrected chi connectivity index (χ4v) is 1.66. The first-order valence-electron chi connectivity index (χ1n) is 7.06. The number of aliphatic hydroxyl groups is 3. The summed E-state index contributed by atoms with van der Waals surface area (Å²) in [6.07, 6.45) is -2.23. The number of hydrogen-bond acceptors (Lipinski definition) is 10. The predicted molar refractivity (Wildman–Crippen MR) is 81.6 cm³/mol. The molecule has 0 saturated carbocycles. The standard InChI is InChI=1S/C12H21N5O9/c13-4(2-18)10(23)16-1-6(20)17(5(3-19)12(25)26)11(24)7(14)8(21)9(15)22/h4-5,7-8,18-19,21H,1-3,13-14H2,(H2,15,22)(H,16,23)(H,25,26)/t4?,5-,7-,8-/m0/s1. The molecule has 0 aliphatic heterocycles. The molecule has 4 atom stereocenters. The number of carbonyl (C=O) groups is 5. The van der Waals surface area contributed by atoms with Crippen molar-refractivity contribution in [2.75, 3.05) is 19.8 Å². The van der Waals surface area contributed by atoms with E-state index in [2.05, 4.69) is 0 Å². The van der Waals surface area contributed by atoms with Crippen LogP contribution in [0.3, 0.4) is 0 Å². The Morgan fingerprint density at radius 2 is 1.58 bits per heavy atom. The van der Waals surface area contributed by atoms with Gasteiger partial charge in [0.15, 0.2) is 12.1 Å². The molecule has 1 unspecified atom stereocenters. The summed E-state index contributed by atoms with van der Waals surface area (Å²) in [5.41, 5.74) is 15.3. The summed E-state index contributed by atoms with van der Waals surface area (Å²) in [5.74, 6) is -7.04. The molecule has 148 valence electrons. The summed E-state index contributed by atoms with van der Waals surface area (Å²) >= 11 is 0. The molecule has 14 heteroatoms. The molecular weight excluding hydrogens is 358 g/mol. The third kappa shape index (κ3) is 6.01. The van der Waals surface area contributed by atoms with Gasteiger partial charge in [-0.25, -0.2) is 4.79 Å². The highest BCUT2D eigenvalue weighted by atomic mass is 16.4. The molecule has 0 bridgehead atoms. The van der Waals surface area contributed by atoms with Crippen molar-refractivity contribution in [2.45, 2.75) is 24.2 Å². The Balaban J connectivity index is 5.50. The van der Waals surface area contributed by atoms with Gasteiger partial charge in [0.05, 0.1) is 19.8 Å². The normalized spacial score (nSPS) is 15.3. The van der Waals surface area contributed by atoms with Crippen molar-refractivity contribution in [3.05, 3.63) is 0 Å². The Morgan fingerprint density at radius 3 is 1.96 bits per heavy atom. The zero-order valence-electron chi connectivity index (χ0n) is 13.4. The summed E-state index contributed by atoms with van der Waals surface area (Å²) in [7, 11) is 0. The third-order valence-corrected chi connectivity index (χ3v) is 3.14. The van der Waals surface area contributed by atoms with E-state index in [9.17, 15) is 29.1 Å². The number of aliphatic hydroxyl groups excluding tert-OH is 3. The topological polar surface area (TPSA) is 260 Å². The van der Waals surface area contributed by atoms with Crippen LogP contribution in [0.2, 0.25) is 0 Å². The van der Waals surface area contributed by atoms with Crippen LogP contribution in [0.5, 0.6) is 0 Å². The van der Waals surface area contributed by atoms with E-state index in [0.717, 1.165) is 0 Å². The van der Waals surface area contributed by atoms with Crippen LogP contribution >= 0.6 is 0 Å². The van der Waals surface area contributed by atoms with E-state index in [-0.39, 0.29) is 4.90 Å². The monoisotopic (exact) mass is 379 g/mol. The van der Waals surface area contributed by atoms with Crippen molar-refractivity contribution in [3.8, 4) is 0 Å². The first kappa shape index (κ1) is 23.4. The summed E-state index contributed by atoms with van der Waals surface area (Å²) in [6.45, 7) is -2.90. The van der Waals surface area contributed by atoms with Gasteiger partial charge in [0.1, 0.15) is 12.1 Å². The number of carbonyl (C=O) groups excluding carboxylic acids is 4. The van der Waals surface area contributed by atoms with Gasteiger partial charge in [-0.05, 0) is 0 Å².